The zero-order chi connectivity index (χ0) is 32.4. The molecule has 5 aromatic rings. The van der Waals surface area contributed by atoms with Gasteiger partial charge in [-0.15, -0.1) is 0 Å². The Balaban J connectivity index is 1.54. The summed E-state index contributed by atoms with van der Waals surface area (Å²) in [5, 5.41) is 2.61. The molecule has 2 heterocycles. The summed E-state index contributed by atoms with van der Waals surface area (Å²) < 4.78 is 20.0. The van der Waals surface area contributed by atoms with Gasteiger partial charge in [0.2, 0.25) is 0 Å². The number of nitrogens with zero attached hydrogens (tertiary/aromatic N) is 2. The molecule has 0 saturated carbocycles. The number of benzene rings is 4. The molecule has 9 heteroatoms. The van der Waals surface area contributed by atoms with Crippen LogP contribution in [0.2, 0.25) is 5.02 Å². The lowest BCUT2D eigenvalue weighted by Crippen LogP contribution is -2.40. The lowest BCUT2D eigenvalue weighted by atomic mass is 9.95. The number of esters is 1. The minimum absolute atomic E-state index is 0.120. The predicted molar refractivity (Wildman–Crippen MR) is 182 cm³/mol. The van der Waals surface area contributed by atoms with Gasteiger partial charge in [0.15, 0.2) is 4.80 Å². The van der Waals surface area contributed by atoms with Crippen LogP contribution in [0, 0.1) is 0 Å². The van der Waals surface area contributed by atoms with Gasteiger partial charge in [-0.2, -0.15) is 0 Å². The quantitative estimate of drug-likeness (QED) is 0.161. The van der Waals surface area contributed by atoms with Crippen LogP contribution in [0.5, 0.6) is 11.5 Å². The van der Waals surface area contributed by atoms with Gasteiger partial charge in [0.05, 0.1) is 28.5 Å². The third kappa shape index (κ3) is 6.23. The second-order valence-electron chi connectivity index (χ2n) is 11.1. The average molecular weight is 653 g/mol. The third-order valence-corrected chi connectivity index (χ3v) is 8.84. The summed E-state index contributed by atoms with van der Waals surface area (Å²) in [4.78, 5) is 33.1. The number of aromatic nitrogens is 1. The fourth-order valence-electron chi connectivity index (χ4n) is 5.58. The number of hydrogen-bond acceptors (Lipinski definition) is 7. The number of rotatable bonds is 9. The van der Waals surface area contributed by atoms with E-state index in [2.05, 4.69) is 0 Å². The van der Waals surface area contributed by atoms with Crippen LogP contribution in [0.1, 0.15) is 50.4 Å². The Morgan fingerprint density at radius 2 is 1.74 bits per heavy atom. The van der Waals surface area contributed by atoms with E-state index < -0.39 is 12.0 Å². The second kappa shape index (κ2) is 13.4. The molecule has 0 radical (unpaired) electrons. The number of thiazole rings is 1. The van der Waals surface area contributed by atoms with E-state index in [-0.39, 0.29) is 18.3 Å². The van der Waals surface area contributed by atoms with Gasteiger partial charge in [-0.25, -0.2) is 9.79 Å². The third-order valence-electron chi connectivity index (χ3n) is 7.61. The van der Waals surface area contributed by atoms with Gasteiger partial charge in [0, 0.05) is 16.1 Å². The summed E-state index contributed by atoms with van der Waals surface area (Å²) in [5.74, 6) is 0.699. The van der Waals surface area contributed by atoms with Crippen LogP contribution in [-0.2, 0) is 16.1 Å². The Morgan fingerprint density at radius 1 is 1.00 bits per heavy atom. The van der Waals surface area contributed by atoms with Crippen molar-refractivity contribution in [2.75, 3.05) is 6.61 Å². The van der Waals surface area contributed by atoms with Gasteiger partial charge < -0.3 is 14.2 Å². The van der Waals surface area contributed by atoms with Crippen LogP contribution in [0.3, 0.4) is 0 Å². The highest BCUT2D eigenvalue weighted by molar-refractivity contribution is 7.07. The zero-order valence-electron chi connectivity index (χ0n) is 26.0. The molecule has 0 unspecified atom stereocenters. The van der Waals surface area contributed by atoms with Crippen molar-refractivity contribution in [3.05, 3.63) is 138 Å². The van der Waals surface area contributed by atoms with E-state index in [0.717, 1.165) is 21.9 Å². The molecule has 1 aromatic heterocycles. The summed E-state index contributed by atoms with van der Waals surface area (Å²) in [5.41, 5.74) is 2.94. The van der Waals surface area contributed by atoms with Gasteiger partial charge in [-0.1, -0.05) is 83.6 Å². The average Bonchev–Trinajstić information content (AvgIpc) is 3.34. The van der Waals surface area contributed by atoms with E-state index in [1.807, 2.05) is 105 Å². The summed E-state index contributed by atoms with van der Waals surface area (Å²) in [6, 6.07) is 26.1. The van der Waals surface area contributed by atoms with E-state index in [1.54, 1.807) is 18.4 Å². The van der Waals surface area contributed by atoms with Crippen molar-refractivity contribution in [2.45, 2.75) is 46.4 Å². The maximum Gasteiger partial charge on any atom is 0.338 e. The Hall–Kier alpha value is -4.66. The molecule has 46 heavy (non-hydrogen) atoms. The number of fused-ring (bicyclic) bond motifs is 2. The topological polar surface area (TPSA) is 79.1 Å². The molecule has 0 amide bonds. The Kier molecular flexibility index (Phi) is 9.10. The molecular formula is C37H33ClN2O5S. The second-order valence-corrected chi connectivity index (χ2v) is 12.6. The Labute approximate surface area is 275 Å². The number of carbonyl (C=O) groups is 1. The van der Waals surface area contributed by atoms with E-state index in [0.29, 0.717) is 49.3 Å². The van der Waals surface area contributed by atoms with Crippen LogP contribution in [0.4, 0.5) is 0 Å². The highest BCUT2D eigenvalue weighted by Gasteiger charge is 2.35. The van der Waals surface area contributed by atoms with Crippen molar-refractivity contribution in [2.24, 2.45) is 4.99 Å². The largest absolute Gasteiger partial charge is 0.491 e. The summed E-state index contributed by atoms with van der Waals surface area (Å²) in [6.45, 7) is 7.92. The first-order valence-corrected chi connectivity index (χ1v) is 16.3. The van der Waals surface area contributed by atoms with Crippen LogP contribution < -0.4 is 24.4 Å². The molecule has 0 N–H and O–H groups in total. The van der Waals surface area contributed by atoms with Gasteiger partial charge in [0.1, 0.15) is 24.1 Å². The summed E-state index contributed by atoms with van der Waals surface area (Å²) >= 11 is 7.35. The Morgan fingerprint density at radius 3 is 2.50 bits per heavy atom. The molecule has 1 aliphatic heterocycles. The number of carbonyl (C=O) groups excluding carboxylic acids is 1. The van der Waals surface area contributed by atoms with Gasteiger partial charge in [-0.05, 0) is 74.4 Å². The minimum Gasteiger partial charge on any atom is -0.491 e. The number of halogens is 1. The lowest BCUT2D eigenvalue weighted by molar-refractivity contribution is -0.139. The molecule has 6 rings (SSSR count). The smallest absolute Gasteiger partial charge is 0.338 e. The van der Waals surface area contributed by atoms with Gasteiger partial charge in [0.25, 0.3) is 5.56 Å². The fraction of sp³-hybridized carbons (Fsp3) is 0.216. The van der Waals surface area contributed by atoms with E-state index in [9.17, 15) is 9.59 Å². The Bertz CT molecular complexity index is 2150. The molecule has 0 aliphatic carbocycles. The van der Waals surface area contributed by atoms with Crippen LogP contribution in [-0.4, -0.2) is 23.2 Å². The fourth-order valence-corrected chi connectivity index (χ4v) is 6.73. The van der Waals surface area contributed by atoms with Crippen molar-refractivity contribution in [3.63, 3.8) is 0 Å². The molecule has 4 aromatic carbocycles. The normalized spacial score (nSPS) is 14.7. The number of hydrogen-bond donors (Lipinski definition) is 0. The maximum atomic E-state index is 14.4. The highest BCUT2D eigenvalue weighted by Crippen LogP contribution is 2.36. The van der Waals surface area contributed by atoms with Crippen molar-refractivity contribution in [3.8, 4) is 11.5 Å². The van der Waals surface area contributed by atoms with Gasteiger partial charge in [-0.3, -0.25) is 9.36 Å². The van der Waals surface area contributed by atoms with Crippen molar-refractivity contribution in [1.29, 1.82) is 0 Å². The molecule has 1 atom stereocenters. The SMILES string of the molecule is CCOC(=O)C1=C(C)N=c2s/c(=C\c3c(OCc4ccc(Cl)cc4)ccc4ccccc34)c(=O)n2[C@H]1c1ccccc1OC(C)C. The van der Waals surface area contributed by atoms with E-state index in [4.69, 9.17) is 30.8 Å². The predicted octanol–water partition coefficient (Wildman–Crippen LogP) is 6.97. The monoisotopic (exact) mass is 652 g/mol. The first-order valence-electron chi connectivity index (χ1n) is 15.1. The summed E-state index contributed by atoms with van der Waals surface area (Å²) in [6.07, 6.45) is 1.74. The standard InChI is InChI=1S/C37H33ClN2O5S/c1-5-43-36(42)33-23(4)39-37-40(34(33)28-12-8-9-13-31(28)45-22(2)3)35(41)32(46-37)20-29-27-11-7-6-10-25(27)16-19-30(29)44-21-24-14-17-26(38)18-15-24/h6-20,22,34H,5,21H2,1-4H3/b32-20-/t34-/m0/s1. The first-order chi connectivity index (χ1) is 22.2. The molecule has 0 spiro atoms. The summed E-state index contributed by atoms with van der Waals surface area (Å²) in [7, 11) is 0. The molecule has 234 valence electrons. The molecule has 1 aliphatic rings. The van der Waals surface area contributed by atoms with Crippen LogP contribution in [0.25, 0.3) is 16.8 Å². The molecule has 0 fully saturated rings. The molecule has 0 bridgehead atoms. The van der Waals surface area contributed by atoms with Crippen LogP contribution >= 0.6 is 22.9 Å². The number of para-hydroxylation sites is 1. The number of ether oxygens (including phenoxy) is 3. The molecular weight excluding hydrogens is 620 g/mol. The maximum absolute atomic E-state index is 14.4. The highest BCUT2D eigenvalue weighted by atomic mass is 35.5. The molecule has 0 saturated heterocycles. The lowest BCUT2D eigenvalue weighted by Gasteiger charge is -2.26. The van der Waals surface area contributed by atoms with Gasteiger partial charge >= 0.3 is 5.97 Å². The van der Waals surface area contributed by atoms with E-state index in [1.165, 1.54) is 11.3 Å². The van der Waals surface area contributed by atoms with Crippen molar-refractivity contribution < 1.29 is 19.0 Å². The van der Waals surface area contributed by atoms with E-state index >= 15 is 0 Å². The van der Waals surface area contributed by atoms with Crippen molar-refractivity contribution in [1.82, 2.24) is 4.57 Å². The minimum atomic E-state index is -0.791. The van der Waals surface area contributed by atoms with Crippen molar-refractivity contribution >= 4 is 45.8 Å². The first kappa shape index (κ1) is 31.3. The molecule has 7 nitrogen and oxygen atoms in total. The number of allylic oxidation sites excluding steroid dienone is 1. The zero-order valence-corrected chi connectivity index (χ0v) is 27.5. The van der Waals surface area contributed by atoms with Crippen LogP contribution in [0.15, 0.2) is 106 Å².